The molecule has 0 aromatic heterocycles. The standard InChI is InChI=1S/C19H13BrO/c20-14-11-9-13(10-12-14)19-15-5-1-3-7-17(15)21-18-8-4-2-6-16(18)19/h1-12,19H. The lowest BCUT2D eigenvalue weighted by atomic mass is 9.83. The Kier molecular flexibility index (Phi) is 3.04. The lowest BCUT2D eigenvalue weighted by Gasteiger charge is -2.28. The van der Waals surface area contributed by atoms with Crippen LogP contribution in [0.25, 0.3) is 0 Å². The molecule has 0 aliphatic carbocycles. The van der Waals surface area contributed by atoms with Crippen LogP contribution >= 0.6 is 15.9 Å². The Hall–Kier alpha value is -2.06. The predicted octanol–water partition coefficient (Wildman–Crippen LogP) is 5.74. The summed E-state index contributed by atoms with van der Waals surface area (Å²) in [7, 11) is 0. The van der Waals surface area contributed by atoms with Crippen LogP contribution in [0.1, 0.15) is 22.6 Å². The van der Waals surface area contributed by atoms with Gasteiger partial charge in [0.2, 0.25) is 0 Å². The van der Waals surface area contributed by atoms with Crippen LogP contribution in [0.3, 0.4) is 0 Å². The van der Waals surface area contributed by atoms with E-state index in [9.17, 15) is 0 Å². The number of para-hydroxylation sites is 2. The fourth-order valence-corrected chi connectivity index (χ4v) is 3.19. The van der Waals surface area contributed by atoms with Crippen LogP contribution in [-0.4, -0.2) is 0 Å². The van der Waals surface area contributed by atoms with E-state index in [2.05, 4.69) is 64.5 Å². The van der Waals surface area contributed by atoms with Crippen molar-refractivity contribution in [3.63, 3.8) is 0 Å². The van der Waals surface area contributed by atoms with E-state index in [0.29, 0.717) is 0 Å². The number of ether oxygens (including phenoxy) is 1. The highest BCUT2D eigenvalue weighted by molar-refractivity contribution is 9.10. The van der Waals surface area contributed by atoms with Gasteiger partial charge in [-0.3, -0.25) is 0 Å². The highest BCUT2D eigenvalue weighted by atomic mass is 79.9. The quantitative estimate of drug-likeness (QED) is 0.431. The van der Waals surface area contributed by atoms with Crippen LogP contribution in [-0.2, 0) is 0 Å². The van der Waals surface area contributed by atoms with Crippen molar-refractivity contribution < 1.29 is 4.74 Å². The van der Waals surface area contributed by atoms with Gasteiger partial charge in [-0.2, -0.15) is 0 Å². The van der Waals surface area contributed by atoms with Crippen LogP contribution in [0.4, 0.5) is 0 Å². The molecule has 102 valence electrons. The number of benzene rings is 3. The van der Waals surface area contributed by atoms with Crippen LogP contribution in [0.5, 0.6) is 11.5 Å². The second-order valence-electron chi connectivity index (χ2n) is 5.16. The summed E-state index contributed by atoms with van der Waals surface area (Å²) in [6.07, 6.45) is 0. The molecule has 0 saturated carbocycles. The first-order chi connectivity index (χ1) is 10.3. The molecule has 0 bridgehead atoms. The van der Waals surface area contributed by atoms with Gasteiger partial charge in [-0.05, 0) is 29.8 Å². The van der Waals surface area contributed by atoms with Gasteiger partial charge in [0.05, 0.1) is 0 Å². The Balaban J connectivity index is 1.95. The van der Waals surface area contributed by atoms with E-state index in [-0.39, 0.29) is 5.92 Å². The third-order valence-electron chi connectivity index (χ3n) is 3.88. The van der Waals surface area contributed by atoms with Crippen molar-refractivity contribution in [3.05, 3.63) is 94.0 Å². The number of hydrogen-bond donors (Lipinski definition) is 0. The number of rotatable bonds is 1. The lowest BCUT2D eigenvalue weighted by molar-refractivity contribution is 0.453. The van der Waals surface area contributed by atoms with Gasteiger partial charge in [0.1, 0.15) is 11.5 Å². The minimum atomic E-state index is 0.222. The molecule has 2 heteroatoms. The third kappa shape index (κ3) is 2.16. The fourth-order valence-electron chi connectivity index (χ4n) is 2.92. The van der Waals surface area contributed by atoms with Crippen LogP contribution in [0, 0.1) is 0 Å². The summed E-state index contributed by atoms with van der Waals surface area (Å²) in [5.41, 5.74) is 3.72. The third-order valence-corrected chi connectivity index (χ3v) is 4.41. The Morgan fingerprint density at radius 3 is 1.76 bits per heavy atom. The van der Waals surface area contributed by atoms with Gasteiger partial charge in [0.15, 0.2) is 0 Å². The Labute approximate surface area is 132 Å². The molecule has 0 spiro atoms. The normalized spacial score (nSPS) is 13.2. The highest BCUT2D eigenvalue weighted by Gasteiger charge is 2.27. The maximum atomic E-state index is 6.04. The zero-order chi connectivity index (χ0) is 14.2. The molecule has 0 amide bonds. The molecule has 0 unspecified atom stereocenters. The summed E-state index contributed by atoms with van der Waals surface area (Å²) >= 11 is 3.51. The molecule has 1 aliphatic heterocycles. The van der Waals surface area contributed by atoms with Crippen molar-refractivity contribution in [1.29, 1.82) is 0 Å². The SMILES string of the molecule is Brc1ccc(C2c3ccccc3Oc3ccccc32)cc1. The van der Waals surface area contributed by atoms with Gasteiger partial charge >= 0.3 is 0 Å². The first-order valence-electron chi connectivity index (χ1n) is 6.94. The molecule has 3 aromatic rings. The van der Waals surface area contributed by atoms with E-state index in [1.807, 2.05) is 24.3 Å². The summed E-state index contributed by atoms with van der Waals surface area (Å²) in [5.74, 6) is 2.12. The van der Waals surface area contributed by atoms with Gasteiger partial charge in [-0.1, -0.05) is 64.5 Å². The number of halogens is 1. The molecule has 3 aromatic carbocycles. The first-order valence-corrected chi connectivity index (χ1v) is 7.73. The largest absolute Gasteiger partial charge is 0.457 e. The minimum absolute atomic E-state index is 0.222. The average molecular weight is 337 g/mol. The molecule has 4 rings (SSSR count). The topological polar surface area (TPSA) is 9.23 Å². The summed E-state index contributed by atoms with van der Waals surface area (Å²) in [5, 5.41) is 0. The molecule has 0 N–H and O–H groups in total. The molecule has 1 heterocycles. The maximum Gasteiger partial charge on any atom is 0.131 e. The van der Waals surface area contributed by atoms with E-state index in [0.717, 1.165) is 16.0 Å². The molecule has 0 atom stereocenters. The van der Waals surface area contributed by atoms with Crippen molar-refractivity contribution in [1.82, 2.24) is 0 Å². The lowest BCUT2D eigenvalue weighted by Crippen LogP contribution is -2.11. The molecule has 0 fully saturated rings. The molecular weight excluding hydrogens is 324 g/mol. The smallest absolute Gasteiger partial charge is 0.131 e. The van der Waals surface area contributed by atoms with Gasteiger partial charge in [-0.15, -0.1) is 0 Å². The number of fused-ring (bicyclic) bond motifs is 2. The van der Waals surface area contributed by atoms with Gasteiger partial charge in [0, 0.05) is 21.5 Å². The number of hydrogen-bond acceptors (Lipinski definition) is 1. The second-order valence-corrected chi connectivity index (χ2v) is 6.08. The van der Waals surface area contributed by atoms with Crippen molar-refractivity contribution in [2.24, 2.45) is 0 Å². The summed E-state index contributed by atoms with van der Waals surface area (Å²) in [6, 6.07) is 25.1. The Bertz CT molecular complexity index is 747. The van der Waals surface area contributed by atoms with Gasteiger partial charge < -0.3 is 4.74 Å². The van der Waals surface area contributed by atoms with E-state index in [4.69, 9.17) is 4.74 Å². The van der Waals surface area contributed by atoms with E-state index < -0.39 is 0 Å². The van der Waals surface area contributed by atoms with Crippen LogP contribution in [0.15, 0.2) is 77.3 Å². The molecule has 0 saturated heterocycles. The Morgan fingerprint density at radius 2 is 1.19 bits per heavy atom. The molecular formula is C19H13BrO. The van der Waals surface area contributed by atoms with Crippen LogP contribution < -0.4 is 4.74 Å². The predicted molar refractivity (Wildman–Crippen MR) is 88.0 cm³/mol. The summed E-state index contributed by atoms with van der Waals surface area (Å²) < 4.78 is 7.14. The fraction of sp³-hybridized carbons (Fsp3) is 0.0526. The zero-order valence-corrected chi connectivity index (χ0v) is 12.9. The molecule has 0 radical (unpaired) electrons. The van der Waals surface area contributed by atoms with Crippen molar-refractivity contribution in [2.45, 2.75) is 5.92 Å². The summed E-state index contributed by atoms with van der Waals surface area (Å²) in [4.78, 5) is 0. The average Bonchev–Trinajstić information content (AvgIpc) is 2.53. The van der Waals surface area contributed by atoms with Crippen molar-refractivity contribution >= 4 is 15.9 Å². The van der Waals surface area contributed by atoms with E-state index in [1.165, 1.54) is 16.7 Å². The second kappa shape index (κ2) is 5.05. The van der Waals surface area contributed by atoms with Crippen molar-refractivity contribution in [2.75, 3.05) is 0 Å². The monoisotopic (exact) mass is 336 g/mol. The maximum absolute atomic E-state index is 6.04. The van der Waals surface area contributed by atoms with Gasteiger partial charge in [-0.25, -0.2) is 0 Å². The Morgan fingerprint density at radius 1 is 0.667 bits per heavy atom. The van der Waals surface area contributed by atoms with Crippen molar-refractivity contribution in [3.8, 4) is 11.5 Å². The minimum Gasteiger partial charge on any atom is -0.457 e. The zero-order valence-electron chi connectivity index (χ0n) is 11.3. The molecule has 21 heavy (non-hydrogen) atoms. The first kappa shape index (κ1) is 12.7. The molecule has 1 nitrogen and oxygen atoms in total. The van der Waals surface area contributed by atoms with E-state index >= 15 is 0 Å². The van der Waals surface area contributed by atoms with Gasteiger partial charge in [0.25, 0.3) is 0 Å². The molecule has 1 aliphatic rings. The summed E-state index contributed by atoms with van der Waals surface area (Å²) in [6.45, 7) is 0. The van der Waals surface area contributed by atoms with Crippen LogP contribution in [0.2, 0.25) is 0 Å². The van der Waals surface area contributed by atoms with E-state index in [1.54, 1.807) is 0 Å². The highest BCUT2D eigenvalue weighted by Crippen LogP contribution is 2.46.